The van der Waals surface area contributed by atoms with Gasteiger partial charge in [-0.25, -0.2) is 13.9 Å². The molecule has 0 fully saturated rings. The Morgan fingerprint density at radius 3 is 2.32 bits per heavy atom. The van der Waals surface area contributed by atoms with Crippen molar-refractivity contribution in [1.82, 2.24) is 15.1 Å². The van der Waals surface area contributed by atoms with E-state index in [1.54, 1.807) is 37.3 Å². The van der Waals surface area contributed by atoms with Crippen molar-refractivity contribution in [2.45, 2.75) is 31.5 Å². The first-order chi connectivity index (χ1) is 20.9. The number of aromatic nitrogens is 2. The molecule has 0 saturated heterocycles. The maximum atomic E-state index is 14.2. The lowest BCUT2D eigenvalue weighted by Crippen LogP contribution is -2.55. The zero-order chi connectivity index (χ0) is 31.8. The van der Waals surface area contributed by atoms with Crippen LogP contribution in [0.2, 0.25) is 0 Å². The highest BCUT2D eigenvalue weighted by atomic mass is 19.4. The summed E-state index contributed by atoms with van der Waals surface area (Å²) in [4.78, 5) is 40.8. The van der Waals surface area contributed by atoms with Crippen LogP contribution in [-0.4, -0.2) is 45.3 Å². The lowest BCUT2D eigenvalue weighted by Gasteiger charge is -2.38. The van der Waals surface area contributed by atoms with E-state index in [0.29, 0.717) is 28.7 Å². The molecule has 1 aliphatic rings. The van der Waals surface area contributed by atoms with E-state index in [0.717, 1.165) is 12.1 Å². The topological polar surface area (TPSA) is 105 Å². The van der Waals surface area contributed by atoms with Crippen LogP contribution in [0.3, 0.4) is 0 Å². The van der Waals surface area contributed by atoms with Gasteiger partial charge in [-0.2, -0.15) is 18.3 Å². The number of hydrogen-bond donors (Lipinski definition) is 2. The second kappa shape index (κ2) is 11.8. The normalized spacial score (nSPS) is 16.4. The molecule has 2 N–H and O–H groups in total. The van der Waals surface area contributed by atoms with Crippen LogP contribution in [0, 0.1) is 5.82 Å². The van der Waals surface area contributed by atoms with E-state index in [1.165, 1.54) is 39.9 Å². The fourth-order valence-electron chi connectivity index (χ4n) is 5.32. The van der Waals surface area contributed by atoms with E-state index in [4.69, 9.17) is 5.10 Å². The van der Waals surface area contributed by atoms with Crippen LogP contribution >= 0.6 is 0 Å². The number of hydrogen-bond acceptors (Lipinski definition) is 4. The zero-order valence-electron chi connectivity index (χ0n) is 23.3. The number of amides is 2. The molecule has 0 unspecified atom stereocenters. The molecule has 12 heteroatoms. The Kier molecular flexibility index (Phi) is 8.09. The van der Waals surface area contributed by atoms with Crippen molar-refractivity contribution < 1.29 is 37.1 Å². The van der Waals surface area contributed by atoms with Gasteiger partial charge < -0.3 is 10.4 Å². The molecule has 5 rings (SSSR count). The highest BCUT2D eigenvalue weighted by Gasteiger charge is 2.46. The van der Waals surface area contributed by atoms with Crippen molar-refractivity contribution in [2.24, 2.45) is 0 Å². The third-order valence-electron chi connectivity index (χ3n) is 7.37. The summed E-state index contributed by atoms with van der Waals surface area (Å²) in [5.74, 6) is -4.06. The number of alkyl halides is 3. The molecule has 0 spiro atoms. The lowest BCUT2D eigenvalue weighted by atomic mass is 9.80. The van der Waals surface area contributed by atoms with Gasteiger partial charge >= 0.3 is 12.1 Å². The Bertz CT molecular complexity index is 1750. The number of carbonyl (C=O) groups is 3. The van der Waals surface area contributed by atoms with Crippen LogP contribution in [0.15, 0.2) is 91.0 Å². The smallest absolute Gasteiger partial charge is 0.416 e. The van der Waals surface area contributed by atoms with Gasteiger partial charge in [-0.15, -0.1) is 0 Å². The molecule has 3 aromatic carbocycles. The van der Waals surface area contributed by atoms with E-state index in [2.05, 4.69) is 11.9 Å². The molecule has 2 heterocycles. The molecule has 1 aliphatic heterocycles. The van der Waals surface area contributed by atoms with Gasteiger partial charge in [-0.3, -0.25) is 14.5 Å². The van der Waals surface area contributed by atoms with Crippen LogP contribution in [0.25, 0.3) is 5.69 Å². The number of rotatable bonds is 8. The van der Waals surface area contributed by atoms with Gasteiger partial charge in [-0.1, -0.05) is 43.0 Å². The minimum Gasteiger partial charge on any atom is -0.478 e. The number of benzene rings is 3. The van der Waals surface area contributed by atoms with Crippen LogP contribution in [0.5, 0.6) is 0 Å². The molecule has 0 saturated carbocycles. The van der Waals surface area contributed by atoms with Gasteiger partial charge in [0, 0.05) is 35.6 Å². The molecule has 0 bridgehead atoms. The first kappa shape index (κ1) is 30.2. The highest BCUT2D eigenvalue weighted by Crippen LogP contribution is 2.44. The second-order valence-corrected chi connectivity index (χ2v) is 10.2. The number of carbonyl (C=O) groups excluding carboxylic acids is 2. The molecule has 8 nitrogen and oxygen atoms in total. The third-order valence-corrected chi connectivity index (χ3v) is 7.37. The van der Waals surface area contributed by atoms with Crippen LogP contribution in [0.4, 0.5) is 23.4 Å². The second-order valence-electron chi connectivity index (χ2n) is 10.2. The minimum absolute atomic E-state index is 0.107. The fraction of sp³-hybridized carbons (Fsp3) is 0.188. The SMILES string of the molecule is C=C(Cc1nn(-c2ccccc2)c2c1[C@@H](c1ccc(F)cc1)[C@@H](NC(=O)c1cccc(C(F)(F)F)c1)C(=O)N2CC)C(=O)O. The molecular weight excluding hydrogens is 580 g/mol. The molecule has 0 aliphatic carbocycles. The number of carboxylic acid groups (broad SMARTS) is 1. The molecule has 226 valence electrons. The average Bonchev–Trinajstić information content (AvgIpc) is 3.36. The summed E-state index contributed by atoms with van der Waals surface area (Å²) in [7, 11) is 0. The van der Waals surface area contributed by atoms with Gasteiger partial charge in [0.05, 0.1) is 16.9 Å². The van der Waals surface area contributed by atoms with Crippen molar-refractivity contribution in [3.05, 3.63) is 125 Å². The van der Waals surface area contributed by atoms with Gasteiger partial charge in [0.25, 0.3) is 11.8 Å². The molecule has 1 aromatic heterocycles. The summed E-state index contributed by atoms with van der Waals surface area (Å²) in [6.07, 6.45) is -4.93. The number of nitrogens with one attached hydrogen (secondary N) is 1. The fourth-order valence-corrected chi connectivity index (χ4v) is 5.32. The zero-order valence-corrected chi connectivity index (χ0v) is 23.3. The average molecular weight is 607 g/mol. The van der Waals surface area contributed by atoms with E-state index < -0.39 is 47.3 Å². The van der Waals surface area contributed by atoms with E-state index in [9.17, 15) is 37.1 Å². The van der Waals surface area contributed by atoms with Gasteiger partial charge in [0.15, 0.2) is 0 Å². The van der Waals surface area contributed by atoms with Gasteiger partial charge in [0.2, 0.25) is 0 Å². The molecule has 2 atom stereocenters. The Morgan fingerprint density at radius 2 is 1.70 bits per heavy atom. The highest BCUT2D eigenvalue weighted by molar-refractivity contribution is 6.05. The summed E-state index contributed by atoms with van der Waals surface area (Å²) in [6.45, 7) is 5.44. The number of nitrogens with zero attached hydrogens (tertiary/aromatic N) is 3. The first-order valence-electron chi connectivity index (χ1n) is 13.5. The van der Waals surface area contributed by atoms with Crippen LogP contribution in [0.1, 0.15) is 45.6 Å². The van der Waals surface area contributed by atoms with Crippen molar-refractivity contribution >= 4 is 23.6 Å². The molecule has 4 aromatic rings. The molecular formula is C32H26F4N4O4. The van der Waals surface area contributed by atoms with Gasteiger partial charge in [-0.05, 0) is 55.0 Å². The van der Waals surface area contributed by atoms with Crippen molar-refractivity contribution in [1.29, 1.82) is 0 Å². The van der Waals surface area contributed by atoms with Gasteiger partial charge in [0.1, 0.15) is 17.7 Å². The number of aliphatic carboxylic acids is 1. The van der Waals surface area contributed by atoms with Crippen LogP contribution < -0.4 is 10.2 Å². The largest absolute Gasteiger partial charge is 0.478 e. The number of fused-ring (bicyclic) bond motifs is 1. The summed E-state index contributed by atoms with van der Waals surface area (Å²) in [5, 5.41) is 16.9. The van der Waals surface area contributed by atoms with E-state index in [1.807, 2.05) is 0 Å². The molecule has 44 heavy (non-hydrogen) atoms. The van der Waals surface area contributed by atoms with Crippen molar-refractivity contribution in [3.8, 4) is 5.69 Å². The third kappa shape index (κ3) is 5.70. The van der Waals surface area contributed by atoms with Crippen molar-refractivity contribution in [3.63, 3.8) is 0 Å². The molecule has 0 radical (unpaired) electrons. The van der Waals surface area contributed by atoms with Crippen molar-refractivity contribution in [2.75, 3.05) is 11.4 Å². The summed E-state index contributed by atoms with van der Waals surface area (Å²) >= 11 is 0. The monoisotopic (exact) mass is 606 g/mol. The van der Waals surface area contributed by atoms with E-state index in [-0.39, 0.29) is 29.8 Å². The quantitative estimate of drug-likeness (QED) is 0.203. The minimum atomic E-state index is -4.70. The molecule has 2 amide bonds. The number of halogens is 4. The predicted octanol–water partition coefficient (Wildman–Crippen LogP) is 5.51. The maximum absolute atomic E-state index is 14.2. The summed E-state index contributed by atoms with van der Waals surface area (Å²) in [5.41, 5.74) is 0.0406. The Hall–Kier alpha value is -5.26. The Labute approximate surface area is 249 Å². The Morgan fingerprint density at radius 1 is 1.02 bits per heavy atom. The van der Waals surface area contributed by atoms with Crippen LogP contribution in [-0.2, 0) is 22.2 Å². The first-order valence-corrected chi connectivity index (χ1v) is 13.5. The number of anilines is 1. The Balaban J connectivity index is 1.72. The van der Waals surface area contributed by atoms with E-state index >= 15 is 0 Å². The number of carboxylic acids is 1. The number of likely N-dealkylation sites (N-methyl/N-ethyl adjacent to an activating group) is 1. The lowest BCUT2D eigenvalue weighted by molar-refractivity contribution is -0.137. The number of para-hydroxylation sites is 1. The predicted molar refractivity (Wildman–Crippen MR) is 153 cm³/mol. The standard InChI is InChI=1S/C32H26F4N4O4/c1-3-39-29-26(24(16-18(2)31(43)44)38-40(29)23-10-5-4-6-11-23)25(19-12-14-22(33)15-13-19)27(30(39)42)37-28(41)20-8-7-9-21(17-20)32(34,35)36/h4-15,17,25,27H,2-3,16H2,1H3,(H,37,41)(H,43,44)/t25-,27-/m1/s1. The summed E-state index contributed by atoms with van der Waals surface area (Å²) < 4.78 is 55.7. The summed E-state index contributed by atoms with van der Waals surface area (Å²) in [6, 6.07) is 16.4. The maximum Gasteiger partial charge on any atom is 0.416 e.